The Kier molecular flexibility index (Phi) is 61.1. The van der Waals surface area contributed by atoms with Gasteiger partial charge in [-0.2, -0.15) is 30.5 Å². The number of ether oxygens (including phenoxy) is 5. The number of nitrogens with zero attached hydrogens (tertiary/aromatic N) is 2. The van der Waals surface area contributed by atoms with Gasteiger partial charge in [0.05, 0.1) is 59.4 Å². The van der Waals surface area contributed by atoms with Crippen molar-refractivity contribution in [3.05, 3.63) is 0 Å². The number of isocyanates is 1. The van der Waals surface area contributed by atoms with Gasteiger partial charge in [0, 0.05) is 24.6 Å². The normalized spacial score (nSPS) is 9.39. The largest absolute Gasteiger partial charge is 0.428 e. The fourth-order valence-corrected chi connectivity index (χ4v) is 2.51. The maximum atomic E-state index is 9.63. The zero-order valence-corrected chi connectivity index (χ0v) is 25.7. The molecular formula is C26H56N4O6S2. The maximum absolute atomic E-state index is 9.63. The van der Waals surface area contributed by atoms with Gasteiger partial charge in [-0.1, -0.05) is 46.0 Å². The summed E-state index contributed by atoms with van der Waals surface area (Å²) in [6.07, 6.45) is 12.4. The van der Waals surface area contributed by atoms with Gasteiger partial charge in [0.15, 0.2) is 0 Å². The molecule has 10 nitrogen and oxygen atoms in total. The Morgan fingerprint density at radius 1 is 0.658 bits per heavy atom. The van der Waals surface area contributed by atoms with Gasteiger partial charge in [-0.25, -0.2) is 9.79 Å². The zero-order chi connectivity index (χ0) is 29.2. The lowest BCUT2D eigenvalue weighted by Crippen LogP contribution is -2.14. The molecule has 0 rings (SSSR count). The van der Waals surface area contributed by atoms with E-state index in [1.807, 2.05) is 0 Å². The highest BCUT2D eigenvalue weighted by atomic mass is 32.1. The summed E-state index contributed by atoms with van der Waals surface area (Å²) >= 11 is 7.97. The number of nitrogens with two attached hydrogens (primary N) is 2. The monoisotopic (exact) mass is 584 g/mol. The zero-order valence-electron chi connectivity index (χ0n) is 23.9. The van der Waals surface area contributed by atoms with Gasteiger partial charge in [0.2, 0.25) is 6.08 Å². The summed E-state index contributed by atoms with van der Waals surface area (Å²) in [4.78, 5) is 13.0. The van der Waals surface area contributed by atoms with Crippen molar-refractivity contribution < 1.29 is 28.5 Å². The van der Waals surface area contributed by atoms with Crippen LogP contribution < -0.4 is 11.5 Å². The van der Waals surface area contributed by atoms with E-state index in [1.165, 1.54) is 31.8 Å². The van der Waals surface area contributed by atoms with Crippen molar-refractivity contribution in [2.45, 2.75) is 65.2 Å². The molecule has 0 saturated heterocycles. The number of nitriles is 1. The maximum Gasteiger partial charge on any atom is 0.286 e. The van der Waals surface area contributed by atoms with E-state index in [0.717, 1.165) is 37.2 Å². The highest BCUT2D eigenvalue weighted by Crippen LogP contribution is 1.99. The molecule has 12 heteroatoms. The lowest BCUT2D eigenvalue weighted by atomic mass is 10.2. The third kappa shape index (κ3) is 64.8. The average Bonchev–Trinajstić information content (AvgIpc) is 2.94. The molecule has 4 N–H and O–H groups in total. The number of thiol groups is 2. The smallest absolute Gasteiger partial charge is 0.286 e. The molecule has 228 valence electrons. The number of hydrogen-bond acceptors (Lipinski definition) is 12. The molecule has 0 amide bonds. The molecule has 0 spiro atoms. The van der Waals surface area contributed by atoms with Crippen LogP contribution in [0.4, 0.5) is 0 Å². The lowest BCUT2D eigenvalue weighted by Gasteiger charge is -2.02. The van der Waals surface area contributed by atoms with Crippen molar-refractivity contribution in [2.24, 2.45) is 16.5 Å². The standard InChI is InChI=1S/C8H12N2O2.C6H16N2O2.C6H14O2S2.C6H14/c9-7-12-6-4-2-1-3-5-10-8-11;7-1-3-9-5-6-10-4-2-8;9-5-3-7-1-2-8-4-6-10;1-3-5-6-4-2/h1-6H2;1-8H2;9-10H,1-6H2;3-6H2,1-2H3. The van der Waals surface area contributed by atoms with Crippen LogP contribution >= 0.6 is 25.3 Å². The van der Waals surface area contributed by atoms with E-state index in [4.69, 9.17) is 35.7 Å². The molecule has 0 unspecified atom stereocenters. The topological polar surface area (TPSA) is 151 Å². The molecule has 0 bridgehead atoms. The van der Waals surface area contributed by atoms with Gasteiger partial charge < -0.3 is 35.2 Å². The Bertz CT molecular complexity index is 436. The summed E-state index contributed by atoms with van der Waals surface area (Å²) in [6, 6.07) is 0. The Balaban J connectivity index is -0.000000208. The van der Waals surface area contributed by atoms with Crippen LogP contribution in [0.2, 0.25) is 0 Å². The predicted molar refractivity (Wildman–Crippen MR) is 162 cm³/mol. The fraction of sp³-hybridized carbons (Fsp3) is 0.923. The molecule has 0 aromatic rings. The van der Waals surface area contributed by atoms with Crippen molar-refractivity contribution in [3.8, 4) is 6.26 Å². The number of aliphatic imine (C=N–C) groups is 1. The van der Waals surface area contributed by atoms with Crippen LogP contribution in [0.5, 0.6) is 0 Å². The molecule has 0 saturated carbocycles. The highest BCUT2D eigenvalue weighted by molar-refractivity contribution is 7.80. The minimum absolute atomic E-state index is 0.494. The average molecular weight is 585 g/mol. The van der Waals surface area contributed by atoms with Crippen molar-refractivity contribution in [1.82, 2.24) is 0 Å². The second-order valence-corrected chi connectivity index (χ2v) is 8.40. The van der Waals surface area contributed by atoms with Crippen LogP contribution in [-0.2, 0) is 28.5 Å². The highest BCUT2D eigenvalue weighted by Gasteiger charge is 1.89. The summed E-state index contributed by atoms with van der Waals surface area (Å²) in [7, 11) is 0. The van der Waals surface area contributed by atoms with Crippen molar-refractivity contribution >= 4 is 31.3 Å². The molecule has 38 heavy (non-hydrogen) atoms. The lowest BCUT2D eigenvalue weighted by molar-refractivity contribution is 0.0538. The first kappa shape index (κ1) is 44.2. The first-order chi connectivity index (χ1) is 18.7. The van der Waals surface area contributed by atoms with Crippen molar-refractivity contribution in [1.29, 1.82) is 5.26 Å². The molecule has 0 aromatic carbocycles. The van der Waals surface area contributed by atoms with E-state index in [1.54, 1.807) is 6.26 Å². The van der Waals surface area contributed by atoms with E-state index in [9.17, 15) is 4.79 Å². The van der Waals surface area contributed by atoms with Crippen LogP contribution in [-0.4, -0.2) is 96.7 Å². The molecule has 0 aromatic heterocycles. The third-order valence-corrected chi connectivity index (χ3v) is 4.46. The summed E-state index contributed by atoms with van der Waals surface area (Å²) in [5.41, 5.74) is 10.4. The van der Waals surface area contributed by atoms with E-state index < -0.39 is 0 Å². The van der Waals surface area contributed by atoms with Crippen LogP contribution in [0, 0.1) is 11.5 Å². The minimum Gasteiger partial charge on any atom is -0.428 e. The Hall–Kier alpha value is -0.870. The van der Waals surface area contributed by atoms with E-state index >= 15 is 0 Å². The van der Waals surface area contributed by atoms with E-state index in [-0.39, 0.29) is 0 Å². The Morgan fingerprint density at radius 3 is 1.47 bits per heavy atom. The minimum atomic E-state index is 0.494. The van der Waals surface area contributed by atoms with Gasteiger partial charge in [0.25, 0.3) is 6.26 Å². The summed E-state index contributed by atoms with van der Waals surface area (Å²) in [5.74, 6) is 1.54. The quantitative estimate of drug-likeness (QED) is 0.0437. The first-order valence-corrected chi connectivity index (χ1v) is 14.9. The SMILES string of the molecule is CCCCCC.N#COCCCCCCN=C=O.NCCOCCOCCN.SCCOCCOCCS. The molecule has 0 aliphatic heterocycles. The third-order valence-electron chi connectivity index (χ3n) is 4.09. The number of rotatable bonds is 24. The van der Waals surface area contributed by atoms with Gasteiger partial charge in [-0.3, -0.25) is 0 Å². The van der Waals surface area contributed by atoms with Gasteiger partial charge in [-0.15, -0.1) is 0 Å². The molecular weight excluding hydrogens is 528 g/mol. The molecule has 0 aliphatic carbocycles. The van der Waals surface area contributed by atoms with Gasteiger partial charge in [0.1, 0.15) is 6.61 Å². The summed E-state index contributed by atoms with van der Waals surface area (Å²) in [5, 5.41) is 8.01. The summed E-state index contributed by atoms with van der Waals surface area (Å²) in [6.45, 7) is 11.8. The number of hydrogen-bond donors (Lipinski definition) is 4. The van der Waals surface area contributed by atoms with Gasteiger partial charge >= 0.3 is 0 Å². The van der Waals surface area contributed by atoms with Crippen molar-refractivity contribution in [2.75, 3.05) is 90.6 Å². The van der Waals surface area contributed by atoms with Crippen LogP contribution in [0.3, 0.4) is 0 Å². The Morgan fingerprint density at radius 2 is 1.11 bits per heavy atom. The molecule has 0 fully saturated rings. The predicted octanol–water partition coefficient (Wildman–Crippen LogP) is 3.78. The molecule has 0 aliphatic rings. The second kappa shape index (κ2) is 52.5. The van der Waals surface area contributed by atoms with E-state index in [0.29, 0.717) is 79.1 Å². The number of unbranched alkanes of at least 4 members (excludes halogenated alkanes) is 6. The van der Waals surface area contributed by atoms with Gasteiger partial charge in [-0.05, 0) is 19.3 Å². The van der Waals surface area contributed by atoms with Crippen LogP contribution in [0.15, 0.2) is 4.99 Å². The summed E-state index contributed by atoms with van der Waals surface area (Å²) < 4.78 is 24.8. The van der Waals surface area contributed by atoms with Crippen LogP contribution in [0.1, 0.15) is 65.2 Å². The van der Waals surface area contributed by atoms with Crippen molar-refractivity contribution in [3.63, 3.8) is 0 Å². The number of carbonyl (C=O) groups excluding carboxylic acids is 1. The molecule has 0 heterocycles. The molecule has 0 radical (unpaired) electrons. The van der Waals surface area contributed by atoms with Crippen LogP contribution in [0.25, 0.3) is 0 Å². The first-order valence-electron chi connectivity index (χ1n) is 13.6. The second-order valence-electron chi connectivity index (χ2n) is 7.51. The molecule has 0 atom stereocenters. The fourth-order valence-electron chi connectivity index (χ4n) is 2.25. The Labute approximate surface area is 243 Å². The van der Waals surface area contributed by atoms with E-state index in [2.05, 4.69) is 48.8 Å².